The van der Waals surface area contributed by atoms with Gasteiger partial charge in [0.15, 0.2) is 5.69 Å². The van der Waals surface area contributed by atoms with Crippen molar-refractivity contribution in [2.75, 3.05) is 0 Å². The highest BCUT2D eigenvalue weighted by atomic mass is 16.5. The number of benzene rings is 1. The monoisotopic (exact) mass is 270 g/mol. The van der Waals surface area contributed by atoms with Crippen molar-refractivity contribution in [3.05, 3.63) is 41.2 Å². The van der Waals surface area contributed by atoms with Crippen molar-refractivity contribution < 1.29 is 4.74 Å². The van der Waals surface area contributed by atoms with Gasteiger partial charge in [-0.15, -0.1) is 5.10 Å². The molecule has 0 aliphatic carbocycles. The maximum atomic E-state index is 9.08. The first-order valence-electron chi connectivity index (χ1n) is 6.62. The van der Waals surface area contributed by atoms with E-state index < -0.39 is 0 Å². The second kappa shape index (κ2) is 6.20. The fourth-order valence-corrected chi connectivity index (χ4v) is 1.84. The summed E-state index contributed by atoms with van der Waals surface area (Å²) in [5.74, 6) is 1.21. The van der Waals surface area contributed by atoms with E-state index in [9.17, 15) is 0 Å². The summed E-state index contributed by atoms with van der Waals surface area (Å²) in [7, 11) is 0. The minimum absolute atomic E-state index is 0.297. The van der Waals surface area contributed by atoms with Crippen LogP contribution in [0, 0.1) is 24.2 Å². The zero-order valence-electron chi connectivity index (χ0n) is 12.0. The van der Waals surface area contributed by atoms with Crippen molar-refractivity contribution in [2.24, 2.45) is 5.92 Å². The van der Waals surface area contributed by atoms with E-state index in [4.69, 9.17) is 10.00 Å². The standard InChI is InChI=1S/C15H18N4O/c1-11(2)9-19-15(14(8-16)17-18-19)10-20-13-6-4-12(3)5-7-13/h4-7,11H,9-10H2,1-3H3. The molecule has 0 saturated carbocycles. The Morgan fingerprint density at radius 3 is 2.60 bits per heavy atom. The molecule has 20 heavy (non-hydrogen) atoms. The molecule has 0 N–H and O–H groups in total. The molecule has 0 spiro atoms. The third kappa shape index (κ3) is 3.35. The predicted molar refractivity (Wildman–Crippen MR) is 75.1 cm³/mol. The van der Waals surface area contributed by atoms with Gasteiger partial charge in [-0.3, -0.25) is 0 Å². The molecule has 1 aromatic carbocycles. The molecule has 0 unspecified atom stereocenters. The highest BCUT2D eigenvalue weighted by Crippen LogP contribution is 2.15. The van der Waals surface area contributed by atoms with E-state index in [1.54, 1.807) is 4.68 Å². The maximum Gasteiger partial charge on any atom is 0.189 e. The summed E-state index contributed by atoms with van der Waals surface area (Å²) in [6.45, 7) is 7.24. The van der Waals surface area contributed by atoms with Crippen LogP contribution in [0.3, 0.4) is 0 Å². The molecular formula is C15H18N4O. The molecule has 0 aliphatic rings. The lowest BCUT2D eigenvalue weighted by Gasteiger charge is -2.10. The van der Waals surface area contributed by atoms with Gasteiger partial charge in [-0.1, -0.05) is 36.8 Å². The van der Waals surface area contributed by atoms with Crippen molar-refractivity contribution in [1.82, 2.24) is 15.0 Å². The van der Waals surface area contributed by atoms with Gasteiger partial charge in [0, 0.05) is 6.54 Å². The molecule has 0 atom stereocenters. The van der Waals surface area contributed by atoms with Crippen LogP contribution in [0.15, 0.2) is 24.3 Å². The summed E-state index contributed by atoms with van der Waals surface area (Å²) < 4.78 is 7.47. The van der Waals surface area contributed by atoms with Crippen LogP contribution >= 0.6 is 0 Å². The van der Waals surface area contributed by atoms with Gasteiger partial charge < -0.3 is 4.74 Å². The molecule has 5 heteroatoms. The van der Waals surface area contributed by atoms with E-state index in [0.717, 1.165) is 18.0 Å². The van der Waals surface area contributed by atoms with Gasteiger partial charge in [-0.2, -0.15) is 5.26 Å². The lowest BCUT2D eigenvalue weighted by Crippen LogP contribution is -2.12. The van der Waals surface area contributed by atoms with Gasteiger partial charge in [0.05, 0.1) is 0 Å². The number of nitrogens with zero attached hydrogens (tertiary/aromatic N) is 4. The van der Waals surface area contributed by atoms with Gasteiger partial charge in [-0.05, 0) is 25.0 Å². The predicted octanol–water partition coefficient (Wildman–Crippen LogP) is 2.69. The van der Waals surface area contributed by atoms with Gasteiger partial charge in [-0.25, -0.2) is 4.68 Å². The summed E-state index contributed by atoms with van der Waals surface area (Å²) in [6.07, 6.45) is 0. The number of aryl methyl sites for hydroxylation is 1. The second-order valence-corrected chi connectivity index (χ2v) is 5.17. The van der Waals surface area contributed by atoms with Crippen LogP contribution in [0.1, 0.15) is 30.8 Å². The number of aromatic nitrogens is 3. The second-order valence-electron chi connectivity index (χ2n) is 5.17. The first-order chi connectivity index (χ1) is 9.60. The van der Waals surface area contributed by atoms with E-state index in [-0.39, 0.29) is 0 Å². The fourth-order valence-electron chi connectivity index (χ4n) is 1.84. The normalized spacial score (nSPS) is 10.6. The summed E-state index contributed by atoms with van der Waals surface area (Å²) in [5, 5.41) is 17.0. The molecule has 0 fully saturated rings. The molecule has 2 rings (SSSR count). The Labute approximate surface area is 118 Å². The van der Waals surface area contributed by atoms with Gasteiger partial charge in [0.25, 0.3) is 0 Å². The van der Waals surface area contributed by atoms with Crippen molar-refractivity contribution in [1.29, 1.82) is 5.26 Å². The first-order valence-corrected chi connectivity index (χ1v) is 6.62. The average molecular weight is 270 g/mol. The van der Waals surface area contributed by atoms with E-state index in [1.165, 1.54) is 5.56 Å². The van der Waals surface area contributed by atoms with E-state index in [0.29, 0.717) is 18.2 Å². The number of hydrogen-bond acceptors (Lipinski definition) is 4. The third-order valence-corrected chi connectivity index (χ3v) is 2.88. The lowest BCUT2D eigenvalue weighted by molar-refractivity contribution is 0.287. The molecule has 0 saturated heterocycles. The lowest BCUT2D eigenvalue weighted by atomic mass is 10.2. The molecule has 5 nitrogen and oxygen atoms in total. The molecule has 1 heterocycles. The van der Waals surface area contributed by atoms with Crippen molar-refractivity contribution >= 4 is 0 Å². The zero-order chi connectivity index (χ0) is 14.5. The minimum Gasteiger partial charge on any atom is -0.487 e. The summed E-state index contributed by atoms with van der Waals surface area (Å²) >= 11 is 0. The van der Waals surface area contributed by atoms with Crippen LogP contribution in [0.4, 0.5) is 0 Å². The van der Waals surface area contributed by atoms with Crippen LogP contribution in [0.25, 0.3) is 0 Å². The highest BCUT2D eigenvalue weighted by Gasteiger charge is 2.14. The van der Waals surface area contributed by atoms with Crippen LogP contribution in [0.2, 0.25) is 0 Å². The number of hydrogen-bond donors (Lipinski definition) is 0. The molecular weight excluding hydrogens is 252 g/mol. The minimum atomic E-state index is 0.297. The van der Waals surface area contributed by atoms with Crippen LogP contribution < -0.4 is 4.74 Å². The largest absolute Gasteiger partial charge is 0.487 e. The summed E-state index contributed by atoms with van der Waals surface area (Å²) in [5.41, 5.74) is 2.24. The summed E-state index contributed by atoms with van der Waals surface area (Å²) in [6, 6.07) is 9.87. The summed E-state index contributed by atoms with van der Waals surface area (Å²) in [4.78, 5) is 0. The fraction of sp³-hybridized carbons (Fsp3) is 0.400. The first kappa shape index (κ1) is 14.1. The third-order valence-electron chi connectivity index (χ3n) is 2.88. The highest BCUT2D eigenvalue weighted by molar-refractivity contribution is 5.28. The molecule has 1 aromatic heterocycles. The SMILES string of the molecule is Cc1ccc(OCc2c(C#N)nnn2CC(C)C)cc1. The van der Waals surface area contributed by atoms with Crippen molar-refractivity contribution in [3.63, 3.8) is 0 Å². The van der Waals surface area contributed by atoms with Gasteiger partial charge in [0.2, 0.25) is 0 Å². The molecule has 104 valence electrons. The topological polar surface area (TPSA) is 63.7 Å². The van der Waals surface area contributed by atoms with Gasteiger partial charge in [0.1, 0.15) is 24.1 Å². The van der Waals surface area contributed by atoms with Crippen LogP contribution in [-0.4, -0.2) is 15.0 Å². The Morgan fingerprint density at radius 2 is 2.00 bits per heavy atom. The molecule has 2 aromatic rings. The number of rotatable bonds is 5. The molecule has 0 amide bonds. The Morgan fingerprint density at radius 1 is 1.30 bits per heavy atom. The Bertz CT molecular complexity index is 608. The van der Waals surface area contributed by atoms with E-state index in [2.05, 4.69) is 30.2 Å². The van der Waals surface area contributed by atoms with Crippen molar-refractivity contribution in [2.45, 2.75) is 33.9 Å². The zero-order valence-corrected chi connectivity index (χ0v) is 12.0. The Kier molecular flexibility index (Phi) is 4.36. The number of ether oxygens (including phenoxy) is 1. The Balaban J connectivity index is 2.13. The molecule has 0 bridgehead atoms. The van der Waals surface area contributed by atoms with Crippen LogP contribution in [-0.2, 0) is 13.2 Å². The van der Waals surface area contributed by atoms with Gasteiger partial charge >= 0.3 is 0 Å². The van der Waals surface area contributed by atoms with Crippen molar-refractivity contribution in [3.8, 4) is 11.8 Å². The molecule has 0 aliphatic heterocycles. The maximum absolute atomic E-state index is 9.08. The Hall–Kier alpha value is -2.35. The number of nitriles is 1. The van der Waals surface area contributed by atoms with Crippen LogP contribution in [0.5, 0.6) is 5.75 Å². The molecule has 0 radical (unpaired) electrons. The van der Waals surface area contributed by atoms with E-state index >= 15 is 0 Å². The average Bonchev–Trinajstić information content (AvgIpc) is 2.79. The van der Waals surface area contributed by atoms with E-state index in [1.807, 2.05) is 31.2 Å². The quantitative estimate of drug-likeness (QED) is 0.838. The smallest absolute Gasteiger partial charge is 0.189 e.